The zero-order valence-electron chi connectivity index (χ0n) is 20.9. The molecule has 0 aliphatic carbocycles. The van der Waals surface area contributed by atoms with E-state index >= 15 is 0 Å². The number of fused-ring (bicyclic) bond motifs is 1. The van der Waals surface area contributed by atoms with Crippen LogP contribution in [-0.2, 0) is 9.53 Å². The van der Waals surface area contributed by atoms with E-state index in [0.717, 1.165) is 69.8 Å². The van der Waals surface area contributed by atoms with Gasteiger partial charge in [0.05, 0.1) is 18.8 Å². The van der Waals surface area contributed by atoms with Gasteiger partial charge in [-0.25, -0.2) is 8.78 Å². The first-order valence-corrected chi connectivity index (χ1v) is 12.9. The molecule has 2 aromatic rings. The maximum absolute atomic E-state index is 14.3. The Morgan fingerprint density at radius 2 is 1.74 bits per heavy atom. The lowest BCUT2D eigenvalue weighted by Crippen LogP contribution is -2.53. The summed E-state index contributed by atoms with van der Waals surface area (Å²) in [5.41, 5.74) is 2.55. The van der Waals surface area contributed by atoms with Crippen LogP contribution in [0.1, 0.15) is 50.2 Å². The average molecular weight is 486 g/mol. The van der Waals surface area contributed by atoms with Gasteiger partial charge in [0.1, 0.15) is 11.6 Å². The molecule has 0 saturated carbocycles. The zero-order chi connectivity index (χ0) is 24.8. The van der Waals surface area contributed by atoms with Crippen molar-refractivity contribution >= 4 is 11.6 Å². The van der Waals surface area contributed by atoms with Gasteiger partial charge in [-0.3, -0.25) is 14.6 Å². The third-order valence-electron chi connectivity index (χ3n) is 7.20. The summed E-state index contributed by atoms with van der Waals surface area (Å²) in [6, 6.07) is 11.6. The van der Waals surface area contributed by atoms with Crippen LogP contribution in [0, 0.1) is 11.6 Å². The number of amides is 1. The van der Waals surface area contributed by atoms with Crippen molar-refractivity contribution in [2.75, 3.05) is 57.4 Å². The van der Waals surface area contributed by atoms with Crippen LogP contribution in [0.5, 0.6) is 0 Å². The number of halogens is 2. The van der Waals surface area contributed by atoms with E-state index < -0.39 is 0 Å². The molecule has 4 rings (SSSR count). The molecule has 7 heteroatoms. The number of carbonyl (C=O) groups excluding carboxylic acids is 1. The lowest BCUT2D eigenvalue weighted by Gasteiger charge is -2.38. The highest BCUT2D eigenvalue weighted by Crippen LogP contribution is 2.39. The standard InChI is InChI=1S/C28H37F2N3O2/c1-3-17-35-20-21(2)32-15-13-31(14-16-32)19-28(34)33-12-4-5-25(22-6-8-23(29)9-7-22)26-11-10-24(30)18-27(26)33/h6-11,18,21,25H,3-5,12-17,19-20H2,1-2H3. The average Bonchev–Trinajstić information content (AvgIpc) is 3.04. The number of ether oxygens (including phenoxy) is 1. The Morgan fingerprint density at radius 3 is 2.46 bits per heavy atom. The van der Waals surface area contributed by atoms with E-state index in [1.165, 1.54) is 24.3 Å². The second-order valence-corrected chi connectivity index (χ2v) is 9.73. The smallest absolute Gasteiger partial charge is 0.241 e. The molecule has 0 aromatic heterocycles. The molecular formula is C28H37F2N3O2. The molecule has 1 saturated heterocycles. The minimum atomic E-state index is -0.353. The van der Waals surface area contributed by atoms with Crippen LogP contribution in [0.25, 0.3) is 0 Å². The molecule has 2 aliphatic heterocycles. The Hall–Kier alpha value is -2.35. The molecule has 35 heavy (non-hydrogen) atoms. The van der Waals surface area contributed by atoms with E-state index in [1.807, 2.05) is 0 Å². The first-order valence-electron chi connectivity index (χ1n) is 12.9. The molecular weight excluding hydrogens is 448 g/mol. The molecule has 2 atom stereocenters. The quantitative estimate of drug-likeness (QED) is 0.510. The van der Waals surface area contributed by atoms with E-state index in [4.69, 9.17) is 4.74 Å². The van der Waals surface area contributed by atoms with Crippen molar-refractivity contribution in [1.82, 2.24) is 9.80 Å². The predicted molar refractivity (Wildman–Crippen MR) is 135 cm³/mol. The van der Waals surface area contributed by atoms with Crippen LogP contribution in [0.3, 0.4) is 0 Å². The largest absolute Gasteiger partial charge is 0.380 e. The second kappa shape index (κ2) is 12.1. The van der Waals surface area contributed by atoms with Crippen LogP contribution in [0.4, 0.5) is 14.5 Å². The van der Waals surface area contributed by atoms with Crippen LogP contribution in [0.2, 0.25) is 0 Å². The van der Waals surface area contributed by atoms with Gasteiger partial charge in [0.2, 0.25) is 5.91 Å². The number of anilines is 1. The van der Waals surface area contributed by atoms with Crippen molar-refractivity contribution in [2.45, 2.75) is 45.1 Å². The van der Waals surface area contributed by atoms with Crippen LogP contribution in [-0.4, -0.2) is 74.2 Å². The second-order valence-electron chi connectivity index (χ2n) is 9.73. The van der Waals surface area contributed by atoms with Crippen LogP contribution >= 0.6 is 0 Å². The van der Waals surface area contributed by atoms with Gasteiger partial charge in [-0.1, -0.05) is 25.1 Å². The van der Waals surface area contributed by atoms with Crippen LogP contribution in [0.15, 0.2) is 42.5 Å². The maximum atomic E-state index is 14.3. The molecule has 5 nitrogen and oxygen atoms in total. The summed E-state index contributed by atoms with van der Waals surface area (Å²) < 4.78 is 33.5. The topological polar surface area (TPSA) is 36.0 Å². The molecule has 2 unspecified atom stereocenters. The lowest BCUT2D eigenvalue weighted by atomic mass is 9.87. The molecule has 0 bridgehead atoms. The van der Waals surface area contributed by atoms with Crippen molar-refractivity contribution in [2.24, 2.45) is 0 Å². The fourth-order valence-corrected chi connectivity index (χ4v) is 5.22. The SMILES string of the molecule is CCCOCC(C)N1CCN(CC(=O)N2CCCC(c3ccc(F)cc3)c3ccc(F)cc32)CC1. The fourth-order valence-electron chi connectivity index (χ4n) is 5.22. The van der Waals surface area contributed by atoms with Crippen molar-refractivity contribution in [3.05, 3.63) is 65.2 Å². The molecule has 190 valence electrons. The number of rotatable bonds is 8. The highest BCUT2D eigenvalue weighted by molar-refractivity contribution is 5.96. The van der Waals surface area contributed by atoms with Crippen molar-refractivity contribution in [3.63, 3.8) is 0 Å². The molecule has 2 heterocycles. The summed E-state index contributed by atoms with van der Waals surface area (Å²) in [6.07, 6.45) is 2.65. The predicted octanol–water partition coefficient (Wildman–Crippen LogP) is 4.66. The summed E-state index contributed by atoms with van der Waals surface area (Å²) in [7, 11) is 0. The highest BCUT2D eigenvalue weighted by Gasteiger charge is 2.30. The molecule has 2 aliphatic rings. The summed E-state index contributed by atoms with van der Waals surface area (Å²) >= 11 is 0. The molecule has 0 N–H and O–H groups in total. The summed E-state index contributed by atoms with van der Waals surface area (Å²) in [4.78, 5) is 19.8. The Morgan fingerprint density at radius 1 is 1.03 bits per heavy atom. The first kappa shape index (κ1) is 25.7. The number of hydrogen-bond acceptors (Lipinski definition) is 4. The van der Waals surface area contributed by atoms with E-state index in [-0.39, 0.29) is 23.5 Å². The van der Waals surface area contributed by atoms with Crippen molar-refractivity contribution < 1.29 is 18.3 Å². The highest BCUT2D eigenvalue weighted by atomic mass is 19.1. The Bertz CT molecular complexity index is 977. The third-order valence-corrected chi connectivity index (χ3v) is 7.20. The minimum Gasteiger partial charge on any atom is -0.380 e. The van der Waals surface area contributed by atoms with Gasteiger partial charge in [-0.2, -0.15) is 0 Å². The van der Waals surface area contributed by atoms with Gasteiger partial charge in [0.25, 0.3) is 0 Å². The van der Waals surface area contributed by atoms with Gasteiger partial charge in [0.15, 0.2) is 0 Å². The van der Waals surface area contributed by atoms with Crippen molar-refractivity contribution in [3.8, 4) is 0 Å². The fraction of sp³-hybridized carbons (Fsp3) is 0.536. The minimum absolute atomic E-state index is 0.00367. The summed E-state index contributed by atoms with van der Waals surface area (Å²) in [6.45, 7) is 10.2. The number of carbonyl (C=O) groups is 1. The lowest BCUT2D eigenvalue weighted by molar-refractivity contribution is -0.120. The summed E-state index contributed by atoms with van der Waals surface area (Å²) in [5.74, 6) is -0.621. The zero-order valence-corrected chi connectivity index (χ0v) is 20.9. The van der Waals surface area contributed by atoms with Gasteiger partial charge in [-0.05, 0) is 61.6 Å². The van der Waals surface area contributed by atoms with Gasteiger partial charge in [-0.15, -0.1) is 0 Å². The van der Waals surface area contributed by atoms with Crippen molar-refractivity contribution in [1.29, 1.82) is 0 Å². The van der Waals surface area contributed by atoms with E-state index in [0.29, 0.717) is 24.8 Å². The monoisotopic (exact) mass is 485 g/mol. The first-order chi connectivity index (χ1) is 17.0. The number of hydrogen-bond donors (Lipinski definition) is 0. The van der Waals surface area contributed by atoms with Crippen LogP contribution < -0.4 is 4.90 Å². The van der Waals surface area contributed by atoms with E-state index in [1.54, 1.807) is 23.1 Å². The normalized spacial score (nSPS) is 20.3. The molecule has 1 amide bonds. The number of benzene rings is 2. The van der Waals surface area contributed by atoms with Gasteiger partial charge in [0, 0.05) is 51.3 Å². The Kier molecular flexibility index (Phi) is 8.87. The van der Waals surface area contributed by atoms with Gasteiger partial charge >= 0.3 is 0 Å². The molecule has 1 fully saturated rings. The van der Waals surface area contributed by atoms with E-state index in [9.17, 15) is 13.6 Å². The third kappa shape index (κ3) is 6.46. The molecule has 0 radical (unpaired) electrons. The maximum Gasteiger partial charge on any atom is 0.241 e. The Labute approximate surface area is 207 Å². The van der Waals surface area contributed by atoms with Gasteiger partial charge < -0.3 is 9.64 Å². The number of nitrogens with zero attached hydrogens (tertiary/aromatic N) is 3. The van der Waals surface area contributed by atoms with E-state index in [2.05, 4.69) is 23.6 Å². The molecule has 2 aromatic carbocycles. The summed E-state index contributed by atoms with van der Waals surface area (Å²) in [5, 5.41) is 0. The Balaban J connectivity index is 1.43. The molecule has 0 spiro atoms. The number of piperazine rings is 1.